The number of carbonyl (C=O) groups is 1. The number of carboxylic acid groups (broad SMARTS) is 1. The molecule has 1 saturated carbocycles. The van der Waals surface area contributed by atoms with Gasteiger partial charge in [-0.1, -0.05) is 46.8 Å². The molecule has 1 fully saturated rings. The number of rotatable bonds is 4. The predicted octanol–water partition coefficient (Wildman–Crippen LogP) is 6.39. The highest BCUT2D eigenvalue weighted by atomic mass is 28.4. The Kier molecular flexibility index (Phi) is 5.87. The Morgan fingerprint density at radius 1 is 1.31 bits per heavy atom. The highest BCUT2D eigenvalue weighted by Gasteiger charge is 2.48. The van der Waals surface area contributed by atoms with Crippen molar-refractivity contribution in [3.8, 4) is 0 Å². The number of hydrogen-bond acceptors (Lipinski definition) is 2. The van der Waals surface area contributed by atoms with E-state index in [4.69, 9.17) is 4.43 Å². The van der Waals surface area contributed by atoms with E-state index in [1.54, 1.807) is 0 Å². The van der Waals surface area contributed by atoms with E-state index in [1.807, 2.05) is 0 Å². The van der Waals surface area contributed by atoms with E-state index < -0.39 is 14.3 Å². The SMILES string of the molecule is CC=CC1(C)CC(O[Si](C)(C)C(C)(C)C)=C2C(CCC(C)C2C(=O)O)C1. The summed E-state index contributed by atoms with van der Waals surface area (Å²) < 4.78 is 6.80. The zero-order valence-corrected chi connectivity index (χ0v) is 19.0. The number of fused-ring (bicyclic) bond motifs is 1. The van der Waals surface area contributed by atoms with Crippen LogP contribution in [0.4, 0.5) is 0 Å². The van der Waals surface area contributed by atoms with Crippen LogP contribution in [0.25, 0.3) is 0 Å². The first kappa shape index (κ1) is 21.3. The predicted molar refractivity (Wildman–Crippen MR) is 110 cm³/mol. The number of aliphatic carboxylic acids is 1. The maximum atomic E-state index is 12.1. The van der Waals surface area contributed by atoms with E-state index in [1.165, 1.54) is 0 Å². The normalized spacial score (nSPS) is 33.3. The Morgan fingerprint density at radius 3 is 2.42 bits per heavy atom. The molecule has 0 aliphatic heterocycles. The lowest BCUT2D eigenvalue weighted by molar-refractivity contribution is -0.143. The lowest BCUT2D eigenvalue weighted by Gasteiger charge is -2.48. The third kappa shape index (κ3) is 4.10. The summed E-state index contributed by atoms with van der Waals surface area (Å²) in [4.78, 5) is 12.1. The van der Waals surface area contributed by atoms with Crippen molar-refractivity contribution >= 4 is 14.3 Å². The molecule has 148 valence electrons. The molecule has 2 rings (SSSR count). The molecule has 0 aromatic heterocycles. The smallest absolute Gasteiger partial charge is 0.311 e. The van der Waals surface area contributed by atoms with E-state index in [9.17, 15) is 9.90 Å². The molecule has 0 aromatic carbocycles. The van der Waals surface area contributed by atoms with Crippen molar-refractivity contribution < 1.29 is 14.3 Å². The van der Waals surface area contributed by atoms with Crippen LogP contribution in [0.3, 0.4) is 0 Å². The first-order valence-electron chi connectivity index (χ1n) is 10.1. The van der Waals surface area contributed by atoms with Gasteiger partial charge in [0.2, 0.25) is 8.32 Å². The number of hydrogen-bond donors (Lipinski definition) is 1. The number of allylic oxidation sites excluding steroid dienone is 3. The van der Waals surface area contributed by atoms with Gasteiger partial charge in [0.15, 0.2) is 0 Å². The maximum absolute atomic E-state index is 12.1. The molecule has 0 bridgehead atoms. The number of carboxylic acids is 1. The van der Waals surface area contributed by atoms with Crippen LogP contribution in [0.1, 0.15) is 67.2 Å². The van der Waals surface area contributed by atoms with Gasteiger partial charge >= 0.3 is 5.97 Å². The van der Waals surface area contributed by atoms with Crippen LogP contribution in [0.15, 0.2) is 23.5 Å². The molecule has 4 atom stereocenters. The molecule has 0 spiro atoms. The molecule has 4 unspecified atom stereocenters. The first-order chi connectivity index (χ1) is 11.8. The van der Waals surface area contributed by atoms with Gasteiger partial charge in [0.25, 0.3) is 0 Å². The van der Waals surface area contributed by atoms with E-state index in [0.717, 1.165) is 37.0 Å². The molecular formula is C22H38O3Si. The zero-order valence-electron chi connectivity index (χ0n) is 18.0. The van der Waals surface area contributed by atoms with Crippen molar-refractivity contribution in [3.63, 3.8) is 0 Å². The minimum atomic E-state index is -2.02. The van der Waals surface area contributed by atoms with Gasteiger partial charge in [-0.15, -0.1) is 0 Å². The highest BCUT2D eigenvalue weighted by Crippen LogP contribution is 2.53. The summed E-state index contributed by atoms with van der Waals surface area (Å²) in [7, 11) is -2.02. The maximum Gasteiger partial charge on any atom is 0.311 e. The second-order valence-electron chi connectivity index (χ2n) is 10.3. The van der Waals surface area contributed by atoms with Crippen molar-refractivity contribution in [2.75, 3.05) is 0 Å². The Balaban J connectivity index is 2.56. The van der Waals surface area contributed by atoms with E-state index >= 15 is 0 Å². The largest absolute Gasteiger partial charge is 0.546 e. The van der Waals surface area contributed by atoms with E-state index in [0.29, 0.717) is 5.92 Å². The van der Waals surface area contributed by atoms with Crippen molar-refractivity contribution in [1.29, 1.82) is 0 Å². The Hall–Kier alpha value is -1.03. The van der Waals surface area contributed by atoms with Crippen LogP contribution in [-0.4, -0.2) is 19.4 Å². The van der Waals surface area contributed by atoms with Crippen LogP contribution >= 0.6 is 0 Å². The summed E-state index contributed by atoms with van der Waals surface area (Å²) in [5.41, 5.74) is 1.17. The molecule has 0 saturated heterocycles. The second-order valence-corrected chi connectivity index (χ2v) is 15.1. The summed E-state index contributed by atoms with van der Waals surface area (Å²) in [5, 5.41) is 10.1. The van der Waals surface area contributed by atoms with Crippen LogP contribution in [0.2, 0.25) is 18.1 Å². The first-order valence-corrected chi connectivity index (χ1v) is 13.0. The van der Waals surface area contributed by atoms with Gasteiger partial charge in [-0.3, -0.25) is 4.79 Å². The molecule has 2 aliphatic rings. The Bertz CT molecular complexity index is 611. The summed E-state index contributed by atoms with van der Waals surface area (Å²) in [6.07, 6.45) is 8.36. The quantitative estimate of drug-likeness (QED) is 0.455. The van der Waals surface area contributed by atoms with Crippen molar-refractivity contribution in [3.05, 3.63) is 23.5 Å². The van der Waals surface area contributed by atoms with Crippen LogP contribution in [0, 0.1) is 23.2 Å². The molecule has 0 heterocycles. The Labute approximate surface area is 161 Å². The Morgan fingerprint density at radius 2 is 1.92 bits per heavy atom. The summed E-state index contributed by atoms with van der Waals surface area (Å²) >= 11 is 0. The lowest BCUT2D eigenvalue weighted by atomic mass is 9.61. The van der Waals surface area contributed by atoms with Gasteiger partial charge in [-0.2, -0.15) is 0 Å². The van der Waals surface area contributed by atoms with Gasteiger partial charge < -0.3 is 9.53 Å². The average Bonchev–Trinajstić information content (AvgIpc) is 2.45. The van der Waals surface area contributed by atoms with Crippen LogP contribution in [0.5, 0.6) is 0 Å². The van der Waals surface area contributed by atoms with Crippen molar-refractivity contribution in [1.82, 2.24) is 0 Å². The van der Waals surface area contributed by atoms with Gasteiger partial charge in [-0.25, -0.2) is 0 Å². The summed E-state index contributed by atoms with van der Waals surface area (Å²) in [6.45, 7) is 17.7. The van der Waals surface area contributed by atoms with E-state index in [2.05, 4.69) is 66.8 Å². The third-order valence-electron chi connectivity index (χ3n) is 6.93. The van der Waals surface area contributed by atoms with Crippen LogP contribution in [-0.2, 0) is 9.22 Å². The van der Waals surface area contributed by atoms with Gasteiger partial charge in [0, 0.05) is 6.42 Å². The molecule has 2 aliphatic carbocycles. The molecule has 4 heteroatoms. The molecule has 0 radical (unpaired) electrons. The molecule has 0 aromatic rings. The average molecular weight is 379 g/mol. The molecule has 3 nitrogen and oxygen atoms in total. The minimum absolute atomic E-state index is 0.0598. The zero-order chi connectivity index (χ0) is 19.9. The van der Waals surface area contributed by atoms with E-state index in [-0.39, 0.29) is 22.3 Å². The standard InChI is InChI=1S/C22H38O3Si/c1-9-12-22(6)13-16-11-10-15(2)18(20(23)24)19(16)17(14-22)25-26(7,8)21(3,4)5/h9,12,15-16,18H,10-11,13-14H2,1-8H3,(H,23,24). The highest BCUT2D eigenvalue weighted by molar-refractivity contribution is 6.74. The topological polar surface area (TPSA) is 46.5 Å². The molecule has 0 amide bonds. The second kappa shape index (κ2) is 7.18. The molecular weight excluding hydrogens is 340 g/mol. The summed E-state index contributed by atoms with van der Waals surface area (Å²) in [6, 6.07) is 0. The van der Waals surface area contributed by atoms with Gasteiger partial charge in [0.1, 0.15) is 0 Å². The fourth-order valence-corrected chi connectivity index (χ4v) is 5.64. The van der Waals surface area contributed by atoms with Crippen molar-refractivity contribution in [2.24, 2.45) is 23.2 Å². The lowest BCUT2D eigenvalue weighted by Crippen LogP contribution is -2.44. The van der Waals surface area contributed by atoms with Crippen LogP contribution < -0.4 is 0 Å². The fraction of sp³-hybridized carbons (Fsp3) is 0.773. The van der Waals surface area contributed by atoms with Gasteiger partial charge in [-0.05, 0) is 67.1 Å². The fourth-order valence-electron chi connectivity index (χ4n) is 4.53. The molecule has 1 N–H and O–H groups in total. The summed E-state index contributed by atoms with van der Waals surface area (Å²) in [5.74, 6) is 0.462. The third-order valence-corrected chi connectivity index (χ3v) is 11.3. The molecule has 26 heavy (non-hydrogen) atoms. The van der Waals surface area contributed by atoms with Gasteiger partial charge in [0.05, 0.1) is 11.7 Å². The minimum Gasteiger partial charge on any atom is -0.546 e. The monoisotopic (exact) mass is 378 g/mol. The van der Waals surface area contributed by atoms with Crippen molar-refractivity contribution in [2.45, 2.75) is 85.4 Å².